The highest BCUT2D eigenvalue weighted by Gasteiger charge is 2.02. The maximum absolute atomic E-state index is 10.8. The van der Waals surface area contributed by atoms with Gasteiger partial charge in [0.15, 0.2) is 11.6 Å². The number of aryl methyl sites for hydroxylation is 2. The molecular weight excluding hydrogens is 164 g/mol. The van der Waals surface area contributed by atoms with Crippen molar-refractivity contribution in [2.45, 2.75) is 34.6 Å². The molecule has 3 heteroatoms. The first-order chi connectivity index (χ1) is 6.09. The molecule has 1 rings (SSSR count). The Bertz CT molecular complexity index is 275. The van der Waals surface area contributed by atoms with E-state index in [2.05, 4.69) is 9.97 Å². The van der Waals surface area contributed by atoms with Crippen molar-refractivity contribution in [2.75, 3.05) is 0 Å². The van der Waals surface area contributed by atoms with E-state index in [1.54, 1.807) is 0 Å². The van der Waals surface area contributed by atoms with E-state index in [0.717, 1.165) is 11.4 Å². The van der Waals surface area contributed by atoms with Gasteiger partial charge in [-0.25, -0.2) is 9.97 Å². The van der Waals surface area contributed by atoms with Gasteiger partial charge in [-0.3, -0.25) is 4.79 Å². The molecule has 0 amide bonds. The van der Waals surface area contributed by atoms with Gasteiger partial charge in [0.05, 0.1) is 0 Å². The van der Waals surface area contributed by atoms with Gasteiger partial charge in [-0.05, 0) is 19.9 Å². The number of hydrogen-bond donors (Lipinski definition) is 0. The van der Waals surface area contributed by atoms with Crippen molar-refractivity contribution in [1.29, 1.82) is 0 Å². The minimum Gasteiger partial charge on any atom is -0.291 e. The van der Waals surface area contributed by atoms with Crippen LogP contribution in [0.15, 0.2) is 6.07 Å². The van der Waals surface area contributed by atoms with Gasteiger partial charge >= 0.3 is 0 Å². The molecule has 13 heavy (non-hydrogen) atoms. The molecule has 0 bridgehead atoms. The molecule has 1 aromatic heterocycles. The van der Waals surface area contributed by atoms with Crippen LogP contribution >= 0.6 is 0 Å². The van der Waals surface area contributed by atoms with E-state index in [9.17, 15) is 4.79 Å². The molecule has 1 heterocycles. The maximum Gasteiger partial charge on any atom is 0.196 e. The normalized spacial score (nSPS) is 8.69. The van der Waals surface area contributed by atoms with E-state index < -0.39 is 0 Å². The molecule has 0 saturated carbocycles. The predicted molar refractivity (Wildman–Crippen MR) is 52.9 cm³/mol. The summed E-state index contributed by atoms with van der Waals surface area (Å²) >= 11 is 0. The standard InChI is InChI=1S/C8H10N2O.C2H6/c1-5-4-6(2)10-8(9-5)7(3)11;1-2/h4H,1-3H3;1-2H3. The SMILES string of the molecule is CC.CC(=O)c1nc(C)cc(C)n1. The van der Waals surface area contributed by atoms with Crippen LogP contribution in [-0.4, -0.2) is 15.8 Å². The van der Waals surface area contributed by atoms with Crippen LogP contribution in [0.3, 0.4) is 0 Å². The number of nitrogens with zero attached hydrogens (tertiary/aromatic N) is 2. The summed E-state index contributed by atoms with van der Waals surface area (Å²) in [6.45, 7) is 9.16. The minimum atomic E-state index is -0.0863. The number of Topliss-reactive ketones (excluding diaryl/α,β-unsaturated/α-hetero) is 1. The lowest BCUT2D eigenvalue weighted by atomic mass is 10.3. The number of rotatable bonds is 1. The van der Waals surface area contributed by atoms with Gasteiger partial charge in [-0.1, -0.05) is 13.8 Å². The first-order valence-corrected chi connectivity index (χ1v) is 4.43. The van der Waals surface area contributed by atoms with E-state index >= 15 is 0 Å². The van der Waals surface area contributed by atoms with Crippen molar-refractivity contribution in [2.24, 2.45) is 0 Å². The van der Waals surface area contributed by atoms with Crippen molar-refractivity contribution in [1.82, 2.24) is 9.97 Å². The fourth-order valence-corrected chi connectivity index (χ4v) is 0.883. The highest BCUT2D eigenvalue weighted by Crippen LogP contribution is 1.99. The summed E-state index contributed by atoms with van der Waals surface area (Å²) in [7, 11) is 0. The molecule has 0 unspecified atom stereocenters. The van der Waals surface area contributed by atoms with Crippen LogP contribution in [0, 0.1) is 13.8 Å². The fraction of sp³-hybridized carbons (Fsp3) is 0.500. The molecule has 0 N–H and O–H groups in total. The third-order valence-electron chi connectivity index (χ3n) is 1.30. The summed E-state index contributed by atoms with van der Waals surface area (Å²) in [4.78, 5) is 18.8. The molecular formula is C10H16N2O. The molecule has 0 aromatic carbocycles. The molecule has 1 aromatic rings. The third kappa shape index (κ3) is 3.78. The van der Waals surface area contributed by atoms with Crippen molar-refractivity contribution >= 4 is 5.78 Å². The van der Waals surface area contributed by atoms with Crippen LogP contribution in [0.5, 0.6) is 0 Å². The number of hydrogen-bond acceptors (Lipinski definition) is 3. The molecule has 0 saturated heterocycles. The van der Waals surface area contributed by atoms with Crippen LogP contribution in [-0.2, 0) is 0 Å². The zero-order valence-electron chi connectivity index (χ0n) is 8.88. The number of aromatic nitrogens is 2. The summed E-state index contributed by atoms with van der Waals surface area (Å²) in [5, 5.41) is 0. The van der Waals surface area contributed by atoms with E-state index in [1.165, 1.54) is 6.92 Å². The Morgan fingerprint density at radius 1 is 1.15 bits per heavy atom. The van der Waals surface area contributed by atoms with Gasteiger partial charge < -0.3 is 0 Å². The lowest BCUT2D eigenvalue weighted by Gasteiger charge is -1.97. The average Bonchev–Trinajstić information content (AvgIpc) is 2.06. The van der Waals surface area contributed by atoms with E-state index in [4.69, 9.17) is 0 Å². The smallest absolute Gasteiger partial charge is 0.196 e. The van der Waals surface area contributed by atoms with E-state index in [-0.39, 0.29) is 5.78 Å². The molecule has 3 nitrogen and oxygen atoms in total. The maximum atomic E-state index is 10.8. The summed E-state index contributed by atoms with van der Waals surface area (Å²) in [5.74, 6) is 0.222. The van der Waals surface area contributed by atoms with Crippen molar-refractivity contribution < 1.29 is 4.79 Å². The minimum absolute atomic E-state index is 0.0863. The second-order valence-corrected chi connectivity index (χ2v) is 2.53. The molecule has 0 atom stereocenters. The summed E-state index contributed by atoms with van der Waals surface area (Å²) in [6.07, 6.45) is 0. The Morgan fingerprint density at radius 3 is 1.85 bits per heavy atom. The molecule has 0 fully saturated rings. The summed E-state index contributed by atoms with van der Waals surface area (Å²) in [6, 6.07) is 1.84. The van der Waals surface area contributed by atoms with Gasteiger partial charge in [-0.2, -0.15) is 0 Å². The van der Waals surface area contributed by atoms with E-state index in [1.807, 2.05) is 33.8 Å². The molecule has 0 aliphatic heterocycles. The number of ketones is 1. The Kier molecular flexibility index (Phi) is 4.89. The second-order valence-electron chi connectivity index (χ2n) is 2.53. The zero-order valence-corrected chi connectivity index (χ0v) is 8.88. The van der Waals surface area contributed by atoms with Gasteiger partial charge in [0.25, 0.3) is 0 Å². The van der Waals surface area contributed by atoms with Crippen LogP contribution in [0.1, 0.15) is 42.8 Å². The monoisotopic (exact) mass is 180 g/mol. The fourth-order valence-electron chi connectivity index (χ4n) is 0.883. The largest absolute Gasteiger partial charge is 0.291 e. The predicted octanol–water partition coefficient (Wildman–Crippen LogP) is 2.32. The first kappa shape index (κ1) is 11.8. The quantitative estimate of drug-likeness (QED) is 0.623. The highest BCUT2D eigenvalue weighted by atomic mass is 16.1. The van der Waals surface area contributed by atoms with Crippen LogP contribution in [0.2, 0.25) is 0 Å². The second kappa shape index (κ2) is 5.41. The summed E-state index contributed by atoms with van der Waals surface area (Å²) in [5.41, 5.74) is 1.67. The molecule has 0 aliphatic carbocycles. The molecule has 72 valence electrons. The Balaban J connectivity index is 0.000000671. The van der Waals surface area contributed by atoms with Crippen molar-refractivity contribution in [3.8, 4) is 0 Å². The first-order valence-electron chi connectivity index (χ1n) is 4.43. The summed E-state index contributed by atoms with van der Waals surface area (Å²) < 4.78 is 0. The van der Waals surface area contributed by atoms with Gasteiger partial charge in [0.2, 0.25) is 0 Å². The topological polar surface area (TPSA) is 42.9 Å². The van der Waals surface area contributed by atoms with Crippen LogP contribution in [0.25, 0.3) is 0 Å². The lowest BCUT2D eigenvalue weighted by Crippen LogP contribution is -2.03. The molecule has 0 aliphatic rings. The lowest BCUT2D eigenvalue weighted by molar-refractivity contribution is 0.100. The van der Waals surface area contributed by atoms with Gasteiger partial charge in [0.1, 0.15) is 0 Å². The zero-order chi connectivity index (χ0) is 10.4. The highest BCUT2D eigenvalue weighted by molar-refractivity contribution is 5.90. The van der Waals surface area contributed by atoms with Crippen LogP contribution in [0.4, 0.5) is 0 Å². The Hall–Kier alpha value is -1.25. The van der Waals surface area contributed by atoms with Crippen molar-refractivity contribution in [3.63, 3.8) is 0 Å². The third-order valence-corrected chi connectivity index (χ3v) is 1.30. The Morgan fingerprint density at radius 2 is 1.54 bits per heavy atom. The molecule has 0 radical (unpaired) electrons. The average molecular weight is 180 g/mol. The van der Waals surface area contributed by atoms with Gasteiger partial charge in [0, 0.05) is 18.3 Å². The van der Waals surface area contributed by atoms with Crippen molar-refractivity contribution in [3.05, 3.63) is 23.3 Å². The number of carbonyl (C=O) groups is 1. The molecule has 0 spiro atoms. The number of carbonyl (C=O) groups excluding carboxylic acids is 1. The Labute approximate surface area is 79.2 Å². The van der Waals surface area contributed by atoms with E-state index in [0.29, 0.717) is 5.82 Å². The van der Waals surface area contributed by atoms with Gasteiger partial charge in [-0.15, -0.1) is 0 Å². The van der Waals surface area contributed by atoms with Crippen LogP contribution < -0.4 is 0 Å².